The Bertz CT molecular complexity index is 783. The molecule has 6 nitrogen and oxygen atoms in total. The van der Waals surface area contributed by atoms with Gasteiger partial charge in [0.15, 0.2) is 0 Å². The molecule has 152 valence electrons. The maximum atomic E-state index is 12.8. The number of benzene rings is 2. The van der Waals surface area contributed by atoms with Gasteiger partial charge in [0.25, 0.3) is 0 Å². The smallest absolute Gasteiger partial charge is 0.416 e. The van der Waals surface area contributed by atoms with E-state index in [1.165, 1.54) is 0 Å². The van der Waals surface area contributed by atoms with E-state index in [0.29, 0.717) is 12.1 Å². The Balaban J connectivity index is 1.84. The van der Waals surface area contributed by atoms with E-state index < -0.39 is 41.4 Å². The van der Waals surface area contributed by atoms with Gasteiger partial charge in [-0.25, -0.2) is 4.79 Å². The number of phenolic OH excluding ortho intramolecular Hbond substituents is 1. The summed E-state index contributed by atoms with van der Waals surface area (Å²) in [5.41, 5.74) is -0.726. The van der Waals surface area contributed by atoms with E-state index in [9.17, 15) is 33.3 Å². The number of alkyl halides is 3. The van der Waals surface area contributed by atoms with E-state index >= 15 is 0 Å². The highest BCUT2D eigenvalue weighted by Gasteiger charge is 2.32. The Kier molecular flexibility index (Phi) is 7.24. The summed E-state index contributed by atoms with van der Waals surface area (Å²) in [7, 11) is 0. The molecule has 0 spiro atoms. The monoisotopic (exact) mass is 399 g/mol. The van der Waals surface area contributed by atoms with Gasteiger partial charge >= 0.3 is 12.3 Å². The third-order valence-electron chi connectivity index (χ3n) is 3.96. The van der Waals surface area contributed by atoms with Gasteiger partial charge in [-0.3, -0.25) is 0 Å². The number of aliphatic hydroxyl groups excluding tert-OH is 2. The van der Waals surface area contributed by atoms with Gasteiger partial charge in [0.2, 0.25) is 0 Å². The summed E-state index contributed by atoms with van der Waals surface area (Å²) >= 11 is 0. The lowest BCUT2D eigenvalue weighted by Crippen LogP contribution is -2.29. The molecule has 2 unspecified atom stereocenters. The highest BCUT2D eigenvalue weighted by molar-refractivity contribution is 5.67. The van der Waals surface area contributed by atoms with Gasteiger partial charge < -0.3 is 25.4 Å². The van der Waals surface area contributed by atoms with Crippen LogP contribution in [0.4, 0.5) is 18.0 Å². The van der Waals surface area contributed by atoms with Crippen LogP contribution in [0.3, 0.4) is 0 Å². The molecular formula is C19H20F3NO5. The second-order valence-electron chi connectivity index (χ2n) is 6.06. The standard InChI is InChI=1S/C19H20F3NO5/c20-19(21,22)13-6-7-15(24)14(10-13)17(26)16(25)8-9-23-18(27)28-11-12-4-2-1-3-5-12/h1-7,10,16-17,24-26H,8-9,11H2,(H,23,27). The van der Waals surface area contributed by atoms with Crippen molar-refractivity contribution in [2.75, 3.05) is 6.54 Å². The molecule has 0 heterocycles. The van der Waals surface area contributed by atoms with Crippen molar-refractivity contribution in [2.45, 2.75) is 31.4 Å². The molecule has 2 aromatic carbocycles. The zero-order valence-electron chi connectivity index (χ0n) is 14.7. The van der Waals surface area contributed by atoms with Crippen LogP contribution in [-0.4, -0.2) is 34.1 Å². The number of carbonyl (C=O) groups excluding carboxylic acids is 1. The number of rotatable bonds is 7. The van der Waals surface area contributed by atoms with Gasteiger partial charge in [0, 0.05) is 12.1 Å². The number of amides is 1. The van der Waals surface area contributed by atoms with Gasteiger partial charge in [-0.15, -0.1) is 0 Å². The molecule has 1 amide bonds. The third kappa shape index (κ3) is 6.14. The topological polar surface area (TPSA) is 99.0 Å². The quantitative estimate of drug-likeness (QED) is 0.573. The number of alkyl carbamates (subject to hydrolysis) is 1. The number of ether oxygens (including phenoxy) is 1. The molecule has 0 bridgehead atoms. The first-order chi connectivity index (χ1) is 13.2. The van der Waals surface area contributed by atoms with Crippen LogP contribution in [0.1, 0.15) is 29.2 Å². The van der Waals surface area contributed by atoms with Crippen molar-refractivity contribution >= 4 is 6.09 Å². The van der Waals surface area contributed by atoms with E-state index in [2.05, 4.69) is 5.32 Å². The molecule has 0 radical (unpaired) electrons. The fourth-order valence-electron chi connectivity index (χ4n) is 2.43. The second-order valence-corrected chi connectivity index (χ2v) is 6.06. The van der Waals surface area contributed by atoms with Crippen molar-refractivity contribution in [3.05, 3.63) is 65.2 Å². The Morgan fingerprint density at radius 1 is 1.11 bits per heavy atom. The summed E-state index contributed by atoms with van der Waals surface area (Å²) in [6, 6.07) is 11.0. The highest BCUT2D eigenvalue weighted by atomic mass is 19.4. The molecular weight excluding hydrogens is 379 g/mol. The molecule has 0 saturated heterocycles. The van der Waals surface area contributed by atoms with Gasteiger partial charge in [-0.2, -0.15) is 13.2 Å². The number of carbonyl (C=O) groups is 1. The van der Waals surface area contributed by atoms with Crippen LogP contribution >= 0.6 is 0 Å². The summed E-state index contributed by atoms with van der Waals surface area (Å²) in [6.07, 6.45) is -8.84. The minimum atomic E-state index is -4.66. The van der Waals surface area contributed by atoms with Crippen LogP contribution in [0.5, 0.6) is 5.75 Å². The number of phenols is 1. The zero-order valence-corrected chi connectivity index (χ0v) is 14.7. The lowest BCUT2D eigenvalue weighted by atomic mass is 9.99. The zero-order chi connectivity index (χ0) is 20.7. The normalized spacial score (nSPS) is 13.6. The van der Waals surface area contributed by atoms with Crippen LogP contribution < -0.4 is 5.32 Å². The molecule has 0 fully saturated rings. The van der Waals surface area contributed by atoms with Crippen LogP contribution in [0, 0.1) is 0 Å². The van der Waals surface area contributed by atoms with E-state index in [1.807, 2.05) is 6.07 Å². The van der Waals surface area contributed by atoms with Crippen molar-refractivity contribution in [1.82, 2.24) is 5.32 Å². The molecule has 0 aliphatic heterocycles. The predicted octanol–water partition coefficient (Wildman–Crippen LogP) is 3.12. The molecule has 2 aromatic rings. The minimum Gasteiger partial charge on any atom is -0.508 e. The van der Waals surface area contributed by atoms with Crippen molar-refractivity contribution in [2.24, 2.45) is 0 Å². The summed E-state index contributed by atoms with van der Waals surface area (Å²) in [5.74, 6) is -0.574. The molecule has 2 atom stereocenters. The molecule has 4 N–H and O–H groups in total. The molecule has 0 aromatic heterocycles. The van der Waals surface area contributed by atoms with Crippen molar-refractivity contribution < 1.29 is 38.0 Å². The van der Waals surface area contributed by atoms with E-state index in [-0.39, 0.29) is 19.6 Å². The number of halogens is 3. The van der Waals surface area contributed by atoms with E-state index in [0.717, 1.165) is 11.6 Å². The summed E-state index contributed by atoms with van der Waals surface area (Å²) in [4.78, 5) is 11.6. The molecule has 28 heavy (non-hydrogen) atoms. The Labute approximate surface area is 159 Å². The van der Waals surface area contributed by atoms with Gasteiger partial charge in [0.1, 0.15) is 18.5 Å². The number of hydrogen-bond acceptors (Lipinski definition) is 5. The molecule has 2 rings (SSSR count). The van der Waals surface area contributed by atoms with Crippen LogP contribution in [-0.2, 0) is 17.5 Å². The number of aromatic hydroxyl groups is 1. The van der Waals surface area contributed by atoms with Crippen molar-refractivity contribution in [3.63, 3.8) is 0 Å². The van der Waals surface area contributed by atoms with Crippen LogP contribution in [0.2, 0.25) is 0 Å². The number of nitrogens with one attached hydrogen (secondary N) is 1. The largest absolute Gasteiger partial charge is 0.508 e. The SMILES string of the molecule is O=C(NCCC(O)C(O)c1cc(C(F)(F)F)ccc1O)OCc1ccccc1. The average molecular weight is 399 g/mol. The molecule has 0 saturated carbocycles. The molecule has 0 aliphatic carbocycles. The first-order valence-corrected chi connectivity index (χ1v) is 8.39. The summed E-state index contributed by atoms with van der Waals surface area (Å²) in [5, 5.41) is 32.1. The maximum Gasteiger partial charge on any atom is 0.416 e. The van der Waals surface area contributed by atoms with Gasteiger partial charge in [-0.05, 0) is 30.2 Å². The van der Waals surface area contributed by atoms with Crippen molar-refractivity contribution in [3.8, 4) is 5.75 Å². The first-order valence-electron chi connectivity index (χ1n) is 8.39. The summed E-state index contributed by atoms with van der Waals surface area (Å²) < 4.78 is 43.3. The second kappa shape index (κ2) is 9.43. The summed E-state index contributed by atoms with van der Waals surface area (Å²) in [6.45, 7) is -0.0401. The maximum absolute atomic E-state index is 12.8. The Morgan fingerprint density at radius 2 is 1.79 bits per heavy atom. The number of aliphatic hydroxyl groups is 2. The van der Waals surface area contributed by atoms with Crippen molar-refractivity contribution in [1.29, 1.82) is 0 Å². The van der Waals surface area contributed by atoms with E-state index in [1.54, 1.807) is 24.3 Å². The van der Waals surface area contributed by atoms with Crippen LogP contribution in [0.25, 0.3) is 0 Å². The predicted molar refractivity (Wildman–Crippen MR) is 93.3 cm³/mol. The number of hydrogen-bond donors (Lipinski definition) is 4. The fourth-order valence-corrected chi connectivity index (χ4v) is 2.43. The average Bonchev–Trinajstić information content (AvgIpc) is 2.66. The third-order valence-corrected chi connectivity index (χ3v) is 3.96. The Hall–Kier alpha value is -2.78. The van der Waals surface area contributed by atoms with E-state index in [4.69, 9.17) is 4.74 Å². The van der Waals surface area contributed by atoms with Gasteiger partial charge in [0.05, 0.1) is 11.7 Å². The highest BCUT2D eigenvalue weighted by Crippen LogP contribution is 2.35. The minimum absolute atomic E-state index is 0.0515. The van der Waals surface area contributed by atoms with Gasteiger partial charge in [-0.1, -0.05) is 30.3 Å². The Morgan fingerprint density at radius 3 is 2.43 bits per heavy atom. The first kappa shape index (κ1) is 21.5. The lowest BCUT2D eigenvalue weighted by Gasteiger charge is -2.20. The molecule has 9 heteroatoms. The molecule has 0 aliphatic rings. The fraction of sp³-hybridized carbons (Fsp3) is 0.316. The lowest BCUT2D eigenvalue weighted by molar-refractivity contribution is -0.137. The van der Waals surface area contributed by atoms with Crippen LogP contribution in [0.15, 0.2) is 48.5 Å².